The minimum atomic E-state index is -0.296. The highest BCUT2D eigenvalue weighted by atomic mass is 35.5. The number of aromatic amines is 1. The number of amides is 2. The second-order valence-corrected chi connectivity index (χ2v) is 8.42. The van der Waals surface area contributed by atoms with Crippen LogP contribution in [0.1, 0.15) is 32.8 Å². The fraction of sp³-hybridized carbons (Fsp3) is 0.385. The average Bonchev–Trinajstić information content (AvgIpc) is 2.83. The molecule has 0 bridgehead atoms. The fourth-order valence-corrected chi connectivity index (χ4v) is 4.03. The van der Waals surface area contributed by atoms with Crippen molar-refractivity contribution in [2.45, 2.75) is 33.7 Å². The van der Waals surface area contributed by atoms with Gasteiger partial charge in [0.2, 0.25) is 0 Å². The minimum absolute atomic E-state index is 0.179. The smallest absolute Gasteiger partial charge is 0.322 e. The van der Waals surface area contributed by atoms with E-state index in [1.807, 2.05) is 43.3 Å². The first-order valence-corrected chi connectivity index (χ1v) is 12.1. The standard InChI is InChI=1S/C26H33ClN4O3/c1-4-30(5-2)14-9-15-31(26(33)29-24-11-8-7-10-22(24)27)18-20-16-19-17-21(34-6-3)12-13-23(19)28-25(20)32/h7-8,10-13,16-17H,4-6,9,14-15,18H2,1-3H3,(H,28,32)(H,29,33). The fourth-order valence-electron chi connectivity index (χ4n) is 3.84. The summed E-state index contributed by atoms with van der Waals surface area (Å²) in [4.78, 5) is 32.9. The molecule has 3 rings (SSSR count). The number of benzene rings is 2. The molecule has 0 radical (unpaired) electrons. The monoisotopic (exact) mass is 484 g/mol. The van der Waals surface area contributed by atoms with Gasteiger partial charge in [-0.1, -0.05) is 37.6 Å². The number of para-hydroxylation sites is 1. The maximum absolute atomic E-state index is 13.2. The van der Waals surface area contributed by atoms with E-state index >= 15 is 0 Å². The van der Waals surface area contributed by atoms with Crippen LogP contribution in [0.5, 0.6) is 5.75 Å². The number of urea groups is 1. The van der Waals surface area contributed by atoms with Gasteiger partial charge >= 0.3 is 6.03 Å². The highest BCUT2D eigenvalue weighted by molar-refractivity contribution is 6.33. The molecule has 0 unspecified atom stereocenters. The number of carbonyl (C=O) groups excluding carboxylic acids is 1. The lowest BCUT2D eigenvalue weighted by molar-refractivity contribution is 0.202. The average molecular weight is 485 g/mol. The Morgan fingerprint density at radius 2 is 1.82 bits per heavy atom. The van der Waals surface area contributed by atoms with Crippen LogP contribution in [0.25, 0.3) is 10.9 Å². The summed E-state index contributed by atoms with van der Waals surface area (Å²) >= 11 is 6.24. The molecule has 0 saturated carbocycles. The van der Waals surface area contributed by atoms with Crippen LogP contribution in [-0.4, -0.2) is 53.6 Å². The first-order chi connectivity index (χ1) is 16.4. The second kappa shape index (κ2) is 12.4. The van der Waals surface area contributed by atoms with E-state index in [4.69, 9.17) is 16.3 Å². The highest BCUT2D eigenvalue weighted by Gasteiger charge is 2.18. The lowest BCUT2D eigenvalue weighted by atomic mass is 10.1. The van der Waals surface area contributed by atoms with Crippen molar-refractivity contribution in [1.82, 2.24) is 14.8 Å². The van der Waals surface area contributed by atoms with E-state index in [2.05, 4.69) is 29.0 Å². The zero-order valence-corrected chi connectivity index (χ0v) is 20.8. The van der Waals surface area contributed by atoms with Crippen molar-refractivity contribution in [3.05, 3.63) is 69.5 Å². The van der Waals surface area contributed by atoms with E-state index in [9.17, 15) is 9.59 Å². The third-order valence-electron chi connectivity index (χ3n) is 5.76. The Labute approximate surface area is 205 Å². The number of hydrogen-bond acceptors (Lipinski definition) is 4. The molecule has 2 amide bonds. The molecule has 2 aromatic carbocycles. The van der Waals surface area contributed by atoms with Crippen LogP contribution in [-0.2, 0) is 6.54 Å². The van der Waals surface area contributed by atoms with Crippen molar-refractivity contribution >= 4 is 34.2 Å². The van der Waals surface area contributed by atoms with Gasteiger partial charge in [0.15, 0.2) is 0 Å². The van der Waals surface area contributed by atoms with E-state index < -0.39 is 0 Å². The first-order valence-electron chi connectivity index (χ1n) is 11.8. The summed E-state index contributed by atoms with van der Waals surface area (Å²) in [5.74, 6) is 0.737. The summed E-state index contributed by atoms with van der Waals surface area (Å²) in [6.07, 6.45) is 0.789. The Balaban J connectivity index is 1.85. The summed E-state index contributed by atoms with van der Waals surface area (Å²) < 4.78 is 5.59. The molecule has 0 fully saturated rings. The molecule has 7 nitrogen and oxygen atoms in total. The summed E-state index contributed by atoms with van der Waals surface area (Å²) in [6, 6.07) is 14.2. The number of nitrogens with one attached hydrogen (secondary N) is 2. The van der Waals surface area contributed by atoms with Crippen molar-refractivity contribution in [3.8, 4) is 5.75 Å². The Morgan fingerprint density at radius 3 is 2.53 bits per heavy atom. The molecule has 1 heterocycles. The first kappa shape index (κ1) is 25.6. The Bertz CT molecular complexity index is 1160. The molecule has 0 saturated heterocycles. The van der Waals surface area contributed by atoms with Crippen LogP contribution >= 0.6 is 11.6 Å². The summed E-state index contributed by atoms with van der Waals surface area (Å²) in [5.41, 5.74) is 1.57. The lowest BCUT2D eigenvalue weighted by Gasteiger charge is -2.25. The number of ether oxygens (including phenoxy) is 1. The number of rotatable bonds is 11. The molecule has 1 aromatic heterocycles. The van der Waals surface area contributed by atoms with Crippen LogP contribution in [0.4, 0.5) is 10.5 Å². The second-order valence-electron chi connectivity index (χ2n) is 8.02. The van der Waals surface area contributed by atoms with Crippen LogP contribution < -0.4 is 15.6 Å². The number of hydrogen-bond donors (Lipinski definition) is 2. The van der Waals surface area contributed by atoms with Crippen molar-refractivity contribution in [2.75, 3.05) is 38.1 Å². The quantitative estimate of drug-likeness (QED) is 0.384. The predicted octanol–water partition coefficient (Wildman–Crippen LogP) is 5.35. The summed E-state index contributed by atoms with van der Waals surface area (Å²) in [6.45, 7) is 10.2. The number of carbonyl (C=O) groups is 1. The van der Waals surface area contributed by atoms with Crippen LogP contribution in [0.15, 0.2) is 53.3 Å². The maximum atomic E-state index is 13.2. The predicted molar refractivity (Wildman–Crippen MR) is 139 cm³/mol. The molecule has 2 N–H and O–H groups in total. The van der Waals surface area contributed by atoms with Crippen molar-refractivity contribution < 1.29 is 9.53 Å². The molecular weight excluding hydrogens is 452 g/mol. The van der Waals surface area contributed by atoms with Gasteiger partial charge in [-0.3, -0.25) is 4.79 Å². The van der Waals surface area contributed by atoms with Crippen LogP contribution in [0.3, 0.4) is 0 Å². The van der Waals surface area contributed by atoms with Gasteiger partial charge in [0.05, 0.1) is 23.9 Å². The molecule has 34 heavy (non-hydrogen) atoms. The molecule has 3 aromatic rings. The van der Waals surface area contributed by atoms with Gasteiger partial charge in [0.25, 0.3) is 5.56 Å². The SMILES string of the molecule is CCOc1ccc2[nH]c(=O)c(CN(CCCN(CC)CC)C(=O)Nc3ccccc3Cl)cc2c1. The lowest BCUT2D eigenvalue weighted by Crippen LogP contribution is -2.38. The Hall–Kier alpha value is -3.03. The van der Waals surface area contributed by atoms with Gasteiger partial charge in [-0.25, -0.2) is 4.79 Å². The molecule has 0 aliphatic carbocycles. The van der Waals surface area contributed by atoms with E-state index in [0.717, 1.165) is 42.7 Å². The number of anilines is 1. The van der Waals surface area contributed by atoms with Crippen molar-refractivity contribution in [1.29, 1.82) is 0 Å². The third-order valence-corrected chi connectivity index (χ3v) is 6.09. The molecule has 0 aliphatic heterocycles. The number of fused-ring (bicyclic) bond motifs is 1. The minimum Gasteiger partial charge on any atom is -0.494 e. The van der Waals surface area contributed by atoms with Gasteiger partial charge in [-0.05, 0) is 69.4 Å². The highest BCUT2D eigenvalue weighted by Crippen LogP contribution is 2.22. The number of pyridine rings is 1. The zero-order chi connectivity index (χ0) is 24.5. The van der Waals surface area contributed by atoms with Crippen molar-refractivity contribution in [2.24, 2.45) is 0 Å². The van der Waals surface area contributed by atoms with Gasteiger partial charge in [0.1, 0.15) is 5.75 Å². The summed E-state index contributed by atoms with van der Waals surface area (Å²) in [5, 5.41) is 4.21. The van der Waals surface area contributed by atoms with E-state index in [1.54, 1.807) is 17.0 Å². The molecular formula is C26H33ClN4O3. The van der Waals surface area contributed by atoms with Crippen LogP contribution in [0, 0.1) is 0 Å². The normalized spacial score (nSPS) is 11.1. The molecule has 8 heteroatoms. The van der Waals surface area contributed by atoms with E-state index in [0.29, 0.717) is 29.4 Å². The molecule has 0 atom stereocenters. The van der Waals surface area contributed by atoms with Gasteiger partial charge in [-0.15, -0.1) is 0 Å². The number of halogens is 1. The number of H-pyrrole nitrogens is 1. The zero-order valence-electron chi connectivity index (χ0n) is 20.1. The van der Waals surface area contributed by atoms with E-state index in [1.165, 1.54) is 0 Å². The Kier molecular flexibility index (Phi) is 9.36. The largest absolute Gasteiger partial charge is 0.494 e. The van der Waals surface area contributed by atoms with Gasteiger partial charge in [0, 0.05) is 23.0 Å². The number of nitrogens with zero attached hydrogens (tertiary/aromatic N) is 2. The van der Waals surface area contributed by atoms with Crippen molar-refractivity contribution in [3.63, 3.8) is 0 Å². The third kappa shape index (κ3) is 6.74. The maximum Gasteiger partial charge on any atom is 0.322 e. The van der Waals surface area contributed by atoms with Gasteiger partial charge < -0.3 is 24.8 Å². The number of aromatic nitrogens is 1. The molecule has 0 aliphatic rings. The van der Waals surface area contributed by atoms with Crippen LogP contribution in [0.2, 0.25) is 5.02 Å². The summed E-state index contributed by atoms with van der Waals surface area (Å²) in [7, 11) is 0. The topological polar surface area (TPSA) is 77.7 Å². The Morgan fingerprint density at radius 1 is 1.06 bits per heavy atom. The van der Waals surface area contributed by atoms with Gasteiger partial charge in [-0.2, -0.15) is 0 Å². The molecule has 182 valence electrons. The van der Waals surface area contributed by atoms with E-state index in [-0.39, 0.29) is 18.1 Å². The molecule has 0 spiro atoms.